The summed E-state index contributed by atoms with van der Waals surface area (Å²) < 4.78 is 8.22. The molecule has 0 unspecified atom stereocenters. The highest BCUT2D eigenvalue weighted by molar-refractivity contribution is 9.11. The van der Waals surface area contributed by atoms with Crippen LogP contribution in [0, 0.1) is 0 Å². The van der Waals surface area contributed by atoms with Crippen molar-refractivity contribution in [1.82, 2.24) is 20.1 Å². The number of nitrogens with zero attached hydrogens (tertiary/aromatic N) is 3. The third kappa shape index (κ3) is 5.93. The minimum atomic E-state index is -0.0563. The Kier molecular flexibility index (Phi) is 8.06. The van der Waals surface area contributed by atoms with Crippen molar-refractivity contribution < 1.29 is 14.3 Å². The van der Waals surface area contributed by atoms with Crippen LogP contribution in [0.15, 0.2) is 45.3 Å². The van der Waals surface area contributed by atoms with Crippen LogP contribution in [0.1, 0.15) is 28.8 Å². The van der Waals surface area contributed by atoms with Gasteiger partial charge >= 0.3 is 0 Å². The monoisotopic (exact) mass is 508 g/mol. The number of hydrogen-bond acceptors (Lipinski definition) is 7. The van der Waals surface area contributed by atoms with Crippen LogP contribution in [-0.2, 0) is 11.2 Å². The summed E-state index contributed by atoms with van der Waals surface area (Å²) in [6.07, 6.45) is 1.37. The van der Waals surface area contributed by atoms with E-state index in [1.54, 1.807) is 7.11 Å². The van der Waals surface area contributed by atoms with Crippen LogP contribution in [0.2, 0.25) is 0 Å². The molecular weight excluding hydrogens is 488 g/mol. The predicted octanol–water partition coefficient (Wildman–Crippen LogP) is 4.14. The van der Waals surface area contributed by atoms with E-state index in [0.717, 1.165) is 27.5 Å². The lowest BCUT2D eigenvalue weighted by Crippen LogP contribution is -2.21. The number of aryl methyl sites for hydroxylation is 1. The van der Waals surface area contributed by atoms with Crippen LogP contribution in [0.5, 0.6) is 5.75 Å². The number of rotatable bonds is 10. The Hall–Kier alpha value is -2.17. The minimum Gasteiger partial charge on any atom is -0.497 e. The fourth-order valence-electron chi connectivity index (χ4n) is 2.74. The first-order valence-corrected chi connectivity index (χ1v) is 11.8. The molecule has 0 bridgehead atoms. The molecule has 0 atom stereocenters. The maximum atomic E-state index is 12.5. The van der Waals surface area contributed by atoms with Gasteiger partial charge in [0.05, 0.1) is 27.2 Å². The zero-order valence-electron chi connectivity index (χ0n) is 16.6. The number of ether oxygens (including phenoxy) is 1. The lowest BCUT2D eigenvalue weighted by atomic mass is 10.2. The first-order chi connectivity index (χ1) is 14.5. The number of Topliss-reactive ketones (excluding diaryl/α,β-unsaturated/α-hetero) is 1. The van der Waals surface area contributed by atoms with Gasteiger partial charge in [0, 0.05) is 26.0 Å². The fraction of sp³-hybridized carbons (Fsp3) is 0.300. The number of nitrogens with one attached hydrogen (secondary N) is 1. The minimum absolute atomic E-state index is 0.0445. The third-order valence-corrected chi connectivity index (χ3v) is 6.74. The van der Waals surface area contributed by atoms with E-state index in [1.165, 1.54) is 30.0 Å². The van der Waals surface area contributed by atoms with Crippen molar-refractivity contribution in [2.75, 3.05) is 19.4 Å². The highest BCUT2D eigenvalue weighted by Crippen LogP contribution is 2.28. The van der Waals surface area contributed by atoms with E-state index in [4.69, 9.17) is 4.74 Å². The molecule has 0 radical (unpaired) electrons. The van der Waals surface area contributed by atoms with Crippen LogP contribution in [0.3, 0.4) is 0 Å². The molecule has 3 aromatic rings. The van der Waals surface area contributed by atoms with E-state index >= 15 is 0 Å². The molecule has 0 aliphatic heterocycles. The average Bonchev–Trinajstić information content (AvgIpc) is 3.35. The van der Waals surface area contributed by atoms with Crippen LogP contribution in [-0.4, -0.2) is 45.9 Å². The Morgan fingerprint density at radius 3 is 2.80 bits per heavy atom. The number of carbonyl (C=O) groups is 2. The second-order valence-electron chi connectivity index (χ2n) is 6.34. The smallest absolute Gasteiger partial charge is 0.216 e. The largest absolute Gasteiger partial charge is 0.497 e. The third-order valence-electron chi connectivity index (χ3n) is 4.14. The van der Waals surface area contributed by atoms with Gasteiger partial charge in [0.2, 0.25) is 5.91 Å². The van der Waals surface area contributed by atoms with E-state index in [-0.39, 0.29) is 17.4 Å². The molecule has 30 heavy (non-hydrogen) atoms. The Morgan fingerprint density at radius 2 is 2.10 bits per heavy atom. The number of amides is 1. The summed E-state index contributed by atoms with van der Waals surface area (Å²) >= 11 is 6.16. The molecule has 7 nitrogen and oxygen atoms in total. The second-order valence-corrected chi connectivity index (χ2v) is 9.74. The summed E-state index contributed by atoms with van der Waals surface area (Å²) in [5.41, 5.74) is 0.864. The maximum absolute atomic E-state index is 12.5. The molecule has 0 aliphatic carbocycles. The summed E-state index contributed by atoms with van der Waals surface area (Å²) in [7, 11) is 1.62. The number of halogens is 1. The molecule has 1 N–H and O–H groups in total. The molecule has 10 heteroatoms. The Morgan fingerprint density at radius 1 is 1.27 bits per heavy atom. The maximum Gasteiger partial charge on any atom is 0.216 e. The fourth-order valence-corrected chi connectivity index (χ4v) is 5.01. The van der Waals surface area contributed by atoms with E-state index in [0.29, 0.717) is 23.0 Å². The van der Waals surface area contributed by atoms with Crippen LogP contribution < -0.4 is 10.1 Å². The molecular formula is C20H21BrN4O3S2. The Labute approximate surface area is 191 Å². The zero-order valence-corrected chi connectivity index (χ0v) is 19.8. The molecule has 2 heterocycles. The van der Waals surface area contributed by atoms with Crippen molar-refractivity contribution in [2.24, 2.45) is 0 Å². The van der Waals surface area contributed by atoms with Crippen molar-refractivity contribution in [3.8, 4) is 11.4 Å². The number of aromatic nitrogens is 3. The van der Waals surface area contributed by atoms with Crippen molar-refractivity contribution in [2.45, 2.75) is 24.9 Å². The Bertz CT molecular complexity index is 1030. The summed E-state index contributed by atoms with van der Waals surface area (Å²) in [6, 6.07) is 11.3. The number of ketones is 1. The van der Waals surface area contributed by atoms with Crippen LogP contribution in [0.4, 0.5) is 0 Å². The number of hydrogen-bond donors (Lipinski definition) is 1. The molecule has 0 fully saturated rings. The van der Waals surface area contributed by atoms with Crippen LogP contribution >= 0.6 is 39.0 Å². The van der Waals surface area contributed by atoms with Crippen molar-refractivity contribution in [3.63, 3.8) is 0 Å². The van der Waals surface area contributed by atoms with Gasteiger partial charge in [0.1, 0.15) is 11.6 Å². The van der Waals surface area contributed by atoms with Crippen LogP contribution in [0.25, 0.3) is 5.69 Å². The standard InChI is InChI=1S/C20H21BrN4O3S2/c1-13(26)22-10-4-7-19-23-24-20(25(19)14-5-3-6-15(11-14)28-2)29-12-16(27)17-8-9-18(21)30-17/h3,5-6,8-9,11H,4,7,10,12H2,1-2H3,(H,22,26). The van der Waals surface area contributed by atoms with Crippen molar-refractivity contribution in [3.05, 3.63) is 50.9 Å². The molecule has 2 aromatic heterocycles. The molecule has 0 saturated heterocycles. The van der Waals surface area contributed by atoms with E-state index in [9.17, 15) is 9.59 Å². The van der Waals surface area contributed by atoms with Crippen molar-refractivity contribution >= 4 is 50.7 Å². The van der Waals surface area contributed by atoms with Gasteiger partial charge in [0.15, 0.2) is 10.9 Å². The summed E-state index contributed by atoms with van der Waals surface area (Å²) in [4.78, 5) is 24.3. The molecule has 3 rings (SSSR count). The highest BCUT2D eigenvalue weighted by Gasteiger charge is 2.17. The van der Waals surface area contributed by atoms with E-state index in [2.05, 4.69) is 31.4 Å². The number of carbonyl (C=O) groups excluding carboxylic acids is 2. The SMILES string of the molecule is COc1cccc(-n2c(CCCNC(C)=O)nnc2SCC(=O)c2ccc(Br)s2)c1. The summed E-state index contributed by atoms with van der Waals surface area (Å²) in [6.45, 7) is 2.06. The quantitative estimate of drug-likeness (QED) is 0.251. The molecule has 1 aromatic carbocycles. The highest BCUT2D eigenvalue weighted by atomic mass is 79.9. The number of thioether (sulfide) groups is 1. The number of benzene rings is 1. The van der Waals surface area contributed by atoms with Gasteiger partial charge in [-0.2, -0.15) is 0 Å². The number of thiophene rings is 1. The predicted molar refractivity (Wildman–Crippen MR) is 122 cm³/mol. The van der Waals surface area contributed by atoms with Gasteiger partial charge in [-0.1, -0.05) is 17.8 Å². The lowest BCUT2D eigenvalue weighted by molar-refractivity contribution is -0.118. The first-order valence-electron chi connectivity index (χ1n) is 9.22. The zero-order chi connectivity index (χ0) is 21.5. The molecule has 0 aliphatic rings. The normalized spacial score (nSPS) is 10.8. The van der Waals surface area contributed by atoms with Gasteiger partial charge in [-0.25, -0.2) is 0 Å². The summed E-state index contributed by atoms with van der Waals surface area (Å²) in [5, 5.41) is 12.1. The second kappa shape index (κ2) is 10.7. The molecule has 158 valence electrons. The van der Waals surface area contributed by atoms with E-state index < -0.39 is 0 Å². The van der Waals surface area contributed by atoms with Gasteiger partial charge < -0.3 is 10.1 Å². The topological polar surface area (TPSA) is 86.1 Å². The summed E-state index contributed by atoms with van der Waals surface area (Å²) in [5.74, 6) is 1.74. The number of methoxy groups -OCH3 is 1. The van der Waals surface area contributed by atoms with E-state index in [1.807, 2.05) is 41.0 Å². The van der Waals surface area contributed by atoms with Crippen molar-refractivity contribution in [1.29, 1.82) is 0 Å². The molecule has 1 amide bonds. The van der Waals surface area contributed by atoms with Gasteiger partial charge in [-0.05, 0) is 46.6 Å². The lowest BCUT2D eigenvalue weighted by Gasteiger charge is -2.11. The molecule has 0 spiro atoms. The first kappa shape index (κ1) is 22.5. The molecule has 0 saturated carbocycles. The van der Waals surface area contributed by atoms with Gasteiger partial charge in [0.25, 0.3) is 0 Å². The van der Waals surface area contributed by atoms with Gasteiger partial charge in [-0.3, -0.25) is 14.2 Å². The Balaban J connectivity index is 1.80. The van der Waals surface area contributed by atoms with Gasteiger partial charge in [-0.15, -0.1) is 21.5 Å². The average molecular weight is 509 g/mol.